The minimum Gasteiger partial charge on any atom is -0.396 e. The predicted molar refractivity (Wildman–Crippen MR) is 67.3 cm³/mol. The van der Waals surface area contributed by atoms with Gasteiger partial charge in [0.1, 0.15) is 0 Å². The van der Waals surface area contributed by atoms with Gasteiger partial charge in [-0.05, 0) is 25.7 Å². The number of nitrogens with one attached hydrogen (secondary N) is 1. The summed E-state index contributed by atoms with van der Waals surface area (Å²) in [6.45, 7) is 1.19. The van der Waals surface area contributed by atoms with E-state index in [2.05, 4.69) is 11.4 Å². The van der Waals surface area contributed by atoms with Crippen LogP contribution in [0, 0.1) is 22.7 Å². The van der Waals surface area contributed by atoms with Gasteiger partial charge in [0.05, 0.1) is 12.0 Å². The lowest BCUT2D eigenvalue weighted by Crippen LogP contribution is -2.44. The maximum Gasteiger partial charge on any atom is 0.0672 e. The molecular formula is C14H24N2O. The van der Waals surface area contributed by atoms with Gasteiger partial charge >= 0.3 is 0 Å². The average Bonchev–Trinajstić information content (AvgIpc) is 2.86. The number of aliphatic hydroxyl groups is 1. The molecule has 96 valence electrons. The van der Waals surface area contributed by atoms with Crippen LogP contribution in [0.2, 0.25) is 0 Å². The Morgan fingerprint density at radius 2 is 1.88 bits per heavy atom. The maximum atomic E-state index is 9.56. The Morgan fingerprint density at radius 1 is 1.18 bits per heavy atom. The fourth-order valence-electron chi connectivity index (χ4n) is 3.39. The molecule has 0 aromatic rings. The molecule has 3 heteroatoms. The van der Waals surface area contributed by atoms with Crippen molar-refractivity contribution in [2.75, 3.05) is 13.2 Å². The molecule has 2 N–H and O–H groups in total. The van der Waals surface area contributed by atoms with Crippen molar-refractivity contribution in [1.82, 2.24) is 5.32 Å². The Bertz CT molecular complexity index is 278. The number of nitriles is 1. The normalized spacial score (nSPS) is 32.2. The minimum atomic E-state index is 0.109. The molecule has 0 aromatic carbocycles. The van der Waals surface area contributed by atoms with Gasteiger partial charge in [-0.1, -0.05) is 25.7 Å². The third kappa shape index (κ3) is 3.00. The zero-order valence-electron chi connectivity index (χ0n) is 10.6. The predicted octanol–water partition coefficient (Wildman–Crippen LogP) is 2.21. The van der Waals surface area contributed by atoms with Crippen LogP contribution in [0.3, 0.4) is 0 Å². The molecule has 2 aliphatic carbocycles. The highest BCUT2D eigenvalue weighted by Gasteiger charge is 2.34. The SMILES string of the molecule is N#CC1CCCCC1NCC1(CO)CCCC1. The number of hydrogen-bond donors (Lipinski definition) is 2. The third-order valence-electron chi connectivity index (χ3n) is 4.67. The molecule has 0 heterocycles. The highest BCUT2D eigenvalue weighted by molar-refractivity contribution is 4.96. The Balaban J connectivity index is 1.85. The highest BCUT2D eigenvalue weighted by atomic mass is 16.3. The van der Waals surface area contributed by atoms with Gasteiger partial charge in [0.25, 0.3) is 0 Å². The summed E-state index contributed by atoms with van der Waals surface area (Å²) >= 11 is 0. The smallest absolute Gasteiger partial charge is 0.0672 e. The maximum absolute atomic E-state index is 9.56. The van der Waals surface area contributed by atoms with Gasteiger partial charge in [-0.15, -0.1) is 0 Å². The first kappa shape index (κ1) is 12.9. The molecule has 0 aliphatic heterocycles. The van der Waals surface area contributed by atoms with Gasteiger partial charge in [-0.25, -0.2) is 0 Å². The zero-order chi connectivity index (χ0) is 12.1. The molecule has 2 saturated carbocycles. The third-order valence-corrected chi connectivity index (χ3v) is 4.67. The molecule has 0 amide bonds. The van der Waals surface area contributed by atoms with Gasteiger partial charge in [-0.2, -0.15) is 5.26 Å². The molecule has 2 atom stereocenters. The number of rotatable bonds is 4. The summed E-state index contributed by atoms with van der Waals surface area (Å²) in [6, 6.07) is 2.79. The van der Waals surface area contributed by atoms with Crippen LogP contribution < -0.4 is 5.32 Å². The molecule has 2 unspecified atom stereocenters. The van der Waals surface area contributed by atoms with E-state index in [1.54, 1.807) is 0 Å². The van der Waals surface area contributed by atoms with Crippen molar-refractivity contribution in [3.8, 4) is 6.07 Å². The van der Waals surface area contributed by atoms with Crippen LogP contribution in [0.15, 0.2) is 0 Å². The first-order valence-electron chi connectivity index (χ1n) is 7.03. The van der Waals surface area contributed by atoms with Crippen molar-refractivity contribution in [2.24, 2.45) is 11.3 Å². The van der Waals surface area contributed by atoms with Crippen LogP contribution in [-0.4, -0.2) is 24.3 Å². The topological polar surface area (TPSA) is 56.0 Å². The molecule has 2 rings (SSSR count). The van der Waals surface area contributed by atoms with Crippen LogP contribution >= 0.6 is 0 Å². The van der Waals surface area contributed by atoms with Crippen LogP contribution in [0.25, 0.3) is 0 Å². The van der Waals surface area contributed by atoms with Gasteiger partial charge in [0.2, 0.25) is 0 Å². The van der Waals surface area contributed by atoms with E-state index < -0.39 is 0 Å². The first-order valence-corrected chi connectivity index (χ1v) is 7.03. The van der Waals surface area contributed by atoms with Crippen LogP contribution in [-0.2, 0) is 0 Å². The van der Waals surface area contributed by atoms with E-state index in [9.17, 15) is 5.11 Å². The summed E-state index contributed by atoms with van der Waals surface area (Å²) < 4.78 is 0. The number of nitrogens with zero attached hydrogens (tertiary/aromatic N) is 1. The van der Waals surface area contributed by atoms with E-state index in [1.807, 2.05) is 0 Å². The molecule has 3 nitrogen and oxygen atoms in total. The fourth-order valence-corrected chi connectivity index (χ4v) is 3.39. The molecule has 17 heavy (non-hydrogen) atoms. The van der Waals surface area contributed by atoms with Crippen LogP contribution in [0.5, 0.6) is 0 Å². The van der Waals surface area contributed by atoms with Crippen LogP contribution in [0.4, 0.5) is 0 Å². The molecule has 0 spiro atoms. The lowest BCUT2D eigenvalue weighted by Gasteiger charge is -2.33. The molecule has 2 fully saturated rings. The summed E-state index contributed by atoms with van der Waals surface area (Å²) in [5, 5.41) is 22.3. The summed E-state index contributed by atoms with van der Waals surface area (Å²) in [5.41, 5.74) is 0.109. The Morgan fingerprint density at radius 3 is 2.53 bits per heavy atom. The molecule has 0 radical (unpaired) electrons. The monoisotopic (exact) mass is 236 g/mol. The second-order valence-corrected chi connectivity index (χ2v) is 5.87. The van der Waals surface area contributed by atoms with Gasteiger partial charge in [-0.3, -0.25) is 0 Å². The summed E-state index contributed by atoms with van der Waals surface area (Å²) in [5.74, 6) is 0.181. The lowest BCUT2D eigenvalue weighted by atomic mass is 9.83. The fraction of sp³-hybridized carbons (Fsp3) is 0.929. The standard InChI is InChI=1S/C14H24N2O/c15-9-12-5-1-2-6-13(12)16-10-14(11-17)7-3-4-8-14/h12-13,16-17H,1-8,10-11H2. The lowest BCUT2D eigenvalue weighted by molar-refractivity contribution is 0.119. The quantitative estimate of drug-likeness (QED) is 0.787. The summed E-state index contributed by atoms with van der Waals surface area (Å²) in [4.78, 5) is 0. The Hall–Kier alpha value is -0.590. The summed E-state index contributed by atoms with van der Waals surface area (Å²) in [6.07, 6.45) is 9.37. The molecule has 0 saturated heterocycles. The largest absolute Gasteiger partial charge is 0.396 e. The minimum absolute atomic E-state index is 0.109. The van der Waals surface area contributed by atoms with E-state index in [4.69, 9.17) is 5.26 Å². The molecule has 0 aromatic heterocycles. The highest BCUT2D eigenvalue weighted by Crippen LogP contribution is 2.37. The second-order valence-electron chi connectivity index (χ2n) is 5.87. The molecule has 2 aliphatic rings. The van der Waals surface area contributed by atoms with Crippen molar-refractivity contribution < 1.29 is 5.11 Å². The van der Waals surface area contributed by atoms with E-state index >= 15 is 0 Å². The second kappa shape index (κ2) is 5.84. The van der Waals surface area contributed by atoms with Crippen molar-refractivity contribution in [2.45, 2.75) is 57.4 Å². The summed E-state index contributed by atoms with van der Waals surface area (Å²) in [7, 11) is 0. The van der Waals surface area contributed by atoms with Gasteiger partial charge in [0, 0.05) is 24.6 Å². The van der Waals surface area contributed by atoms with Gasteiger partial charge < -0.3 is 10.4 Å². The number of aliphatic hydroxyl groups excluding tert-OH is 1. The van der Waals surface area contributed by atoms with Crippen molar-refractivity contribution >= 4 is 0 Å². The van der Waals surface area contributed by atoms with E-state index in [-0.39, 0.29) is 11.3 Å². The Labute approximate surface area is 104 Å². The van der Waals surface area contributed by atoms with E-state index in [0.717, 1.165) is 32.2 Å². The van der Waals surface area contributed by atoms with Crippen molar-refractivity contribution in [3.63, 3.8) is 0 Å². The first-order chi connectivity index (χ1) is 8.29. The Kier molecular flexibility index (Phi) is 4.42. The van der Waals surface area contributed by atoms with Crippen molar-refractivity contribution in [3.05, 3.63) is 0 Å². The van der Waals surface area contributed by atoms with Crippen molar-refractivity contribution in [1.29, 1.82) is 5.26 Å². The van der Waals surface area contributed by atoms with E-state index in [0.29, 0.717) is 12.6 Å². The molecule has 0 bridgehead atoms. The molecular weight excluding hydrogens is 212 g/mol. The zero-order valence-corrected chi connectivity index (χ0v) is 10.6. The number of hydrogen-bond acceptors (Lipinski definition) is 3. The van der Waals surface area contributed by atoms with Gasteiger partial charge in [0.15, 0.2) is 0 Å². The average molecular weight is 236 g/mol. The van der Waals surface area contributed by atoms with Crippen LogP contribution in [0.1, 0.15) is 51.4 Å². The van der Waals surface area contributed by atoms with E-state index in [1.165, 1.54) is 25.7 Å².